The fourth-order valence-corrected chi connectivity index (χ4v) is 1.45. The minimum atomic E-state index is -0.874. The second kappa shape index (κ2) is 4.55. The van der Waals surface area contributed by atoms with E-state index in [9.17, 15) is 9.18 Å². The summed E-state index contributed by atoms with van der Waals surface area (Å²) in [6.07, 6.45) is 0.0150. The summed E-state index contributed by atoms with van der Waals surface area (Å²) in [5.74, 6) is -1.41. The van der Waals surface area contributed by atoms with Gasteiger partial charge in [0, 0.05) is 0 Å². The van der Waals surface area contributed by atoms with Gasteiger partial charge in [-0.25, -0.2) is 4.39 Å². The molecule has 0 radical (unpaired) electrons. The minimum Gasteiger partial charge on any atom is -0.481 e. The zero-order valence-electron chi connectivity index (χ0n) is 7.63. The van der Waals surface area contributed by atoms with Crippen LogP contribution in [0.1, 0.15) is 24.8 Å². The molecule has 0 heterocycles. The lowest BCUT2D eigenvalue weighted by atomic mass is 9.98. The van der Waals surface area contributed by atoms with E-state index in [0.29, 0.717) is 10.0 Å². The van der Waals surface area contributed by atoms with Crippen molar-refractivity contribution in [2.24, 2.45) is 0 Å². The van der Waals surface area contributed by atoms with Crippen LogP contribution in [0, 0.1) is 5.82 Å². The third kappa shape index (κ3) is 2.80. The molecule has 1 aromatic carbocycles. The predicted octanol–water partition coefficient (Wildman–Crippen LogP) is 3.17. The van der Waals surface area contributed by atoms with Crippen molar-refractivity contribution in [3.8, 4) is 0 Å². The number of hydrogen-bond acceptors (Lipinski definition) is 1. The van der Waals surface area contributed by atoms with Crippen LogP contribution in [-0.4, -0.2) is 11.1 Å². The van der Waals surface area contributed by atoms with E-state index in [-0.39, 0.29) is 18.2 Å². The van der Waals surface area contributed by atoms with Crippen LogP contribution in [0.5, 0.6) is 0 Å². The Morgan fingerprint density at radius 1 is 1.64 bits per heavy atom. The summed E-state index contributed by atoms with van der Waals surface area (Å²) >= 11 is 3.04. The second-order valence-electron chi connectivity index (χ2n) is 3.17. The van der Waals surface area contributed by atoms with Crippen LogP contribution in [0.25, 0.3) is 0 Å². The highest BCUT2D eigenvalue weighted by molar-refractivity contribution is 9.10. The third-order valence-corrected chi connectivity index (χ3v) is 2.64. The van der Waals surface area contributed by atoms with Gasteiger partial charge in [-0.1, -0.05) is 13.0 Å². The first-order valence-corrected chi connectivity index (χ1v) is 4.96. The lowest BCUT2D eigenvalue weighted by Crippen LogP contribution is -2.03. The molecule has 0 bridgehead atoms. The first-order chi connectivity index (χ1) is 6.50. The van der Waals surface area contributed by atoms with Crippen molar-refractivity contribution in [2.45, 2.75) is 19.3 Å². The Balaban J connectivity index is 2.85. The van der Waals surface area contributed by atoms with Crippen molar-refractivity contribution in [1.82, 2.24) is 0 Å². The monoisotopic (exact) mass is 260 g/mol. The standard InChI is InChI=1S/C10H10BrFO2/c1-6(4-10(13)14)7-2-3-8(11)9(12)5-7/h2-3,5-6H,4H2,1H3,(H,13,14)/t6-/m1/s1. The number of rotatable bonds is 3. The molecule has 0 aliphatic carbocycles. The second-order valence-corrected chi connectivity index (χ2v) is 4.03. The summed E-state index contributed by atoms with van der Waals surface area (Å²) in [5.41, 5.74) is 0.702. The summed E-state index contributed by atoms with van der Waals surface area (Å²) < 4.78 is 13.5. The quantitative estimate of drug-likeness (QED) is 0.907. The first-order valence-electron chi connectivity index (χ1n) is 4.17. The maximum Gasteiger partial charge on any atom is 0.303 e. The van der Waals surface area contributed by atoms with E-state index in [0.717, 1.165) is 0 Å². The van der Waals surface area contributed by atoms with Crippen LogP contribution < -0.4 is 0 Å². The van der Waals surface area contributed by atoms with Gasteiger partial charge in [0.05, 0.1) is 10.9 Å². The van der Waals surface area contributed by atoms with E-state index in [1.165, 1.54) is 6.07 Å². The van der Waals surface area contributed by atoms with Gasteiger partial charge in [-0.05, 0) is 39.5 Å². The highest BCUT2D eigenvalue weighted by atomic mass is 79.9. The molecule has 0 unspecified atom stereocenters. The molecule has 76 valence electrons. The summed E-state index contributed by atoms with van der Waals surface area (Å²) in [4.78, 5) is 10.4. The molecule has 0 amide bonds. The van der Waals surface area contributed by atoms with Crippen LogP contribution in [0.3, 0.4) is 0 Å². The Hall–Kier alpha value is -0.900. The smallest absolute Gasteiger partial charge is 0.303 e. The van der Waals surface area contributed by atoms with Gasteiger partial charge in [0.15, 0.2) is 0 Å². The summed E-state index contributed by atoms with van der Waals surface area (Å²) in [7, 11) is 0. The number of hydrogen-bond donors (Lipinski definition) is 1. The van der Waals surface area contributed by atoms with Crippen molar-refractivity contribution in [3.05, 3.63) is 34.1 Å². The zero-order chi connectivity index (χ0) is 10.7. The molecule has 4 heteroatoms. The van der Waals surface area contributed by atoms with Gasteiger partial charge in [0.1, 0.15) is 5.82 Å². The van der Waals surface area contributed by atoms with Gasteiger partial charge < -0.3 is 5.11 Å². The highest BCUT2D eigenvalue weighted by Crippen LogP contribution is 2.23. The van der Waals surface area contributed by atoms with Gasteiger partial charge in [-0.3, -0.25) is 4.79 Å². The number of carboxylic acid groups (broad SMARTS) is 1. The molecule has 14 heavy (non-hydrogen) atoms. The van der Waals surface area contributed by atoms with E-state index in [4.69, 9.17) is 5.11 Å². The fraction of sp³-hybridized carbons (Fsp3) is 0.300. The zero-order valence-corrected chi connectivity index (χ0v) is 9.21. The molecule has 0 saturated carbocycles. The SMILES string of the molecule is C[C@H](CC(=O)O)c1ccc(Br)c(F)c1. The highest BCUT2D eigenvalue weighted by Gasteiger charge is 2.11. The molecule has 1 N–H and O–H groups in total. The summed E-state index contributed by atoms with van der Waals surface area (Å²) in [5, 5.41) is 8.57. The minimum absolute atomic E-state index is 0.0150. The van der Waals surface area contributed by atoms with Gasteiger partial charge in [-0.15, -0.1) is 0 Å². The Morgan fingerprint density at radius 3 is 2.79 bits per heavy atom. The van der Waals surface area contributed by atoms with E-state index >= 15 is 0 Å². The molecule has 1 atom stereocenters. The van der Waals surface area contributed by atoms with Crippen molar-refractivity contribution in [2.75, 3.05) is 0 Å². The molecular formula is C10H10BrFO2. The van der Waals surface area contributed by atoms with Crippen molar-refractivity contribution >= 4 is 21.9 Å². The third-order valence-electron chi connectivity index (χ3n) is 1.99. The molecule has 1 aromatic rings. The molecule has 0 saturated heterocycles. The summed E-state index contributed by atoms with van der Waals surface area (Å²) in [6, 6.07) is 4.67. The van der Waals surface area contributed by atoms with Crippen LogP contribution >= 0.6 is 15.9 Å². The van der Waals surface area contributed by atoms with Gasteiger partial charge in [0.25, 0.3) is 0 Å². The van der Waals surface area contributed by atoms with Crippen LogP contribution in [0.2, 0.25) is 0 Å². The molecule has 0 aliphatic rings. The Morgan fingerprint density at radius 2 is 2.29 bits per heavy atom. The van der Waals surface area contributed by atoms with Crippen LogP contribution in [0.15, 0.2) is 22.7 Å². The molecule has 2 nitrogen and oxygen atoms in total. The number of benzene rings is 1. The fourth-order valence-electron chi connectivity index (χ4n) is 1.20. The number of carbonyl (C=O) groups is 1. The molecule has 0 aromatic heterocycles. The molecule has 0 aliphatic heterocycles. The van der Waals surface area contributed by atoms with Crippen molar-refractivity contribution in [1.29, 1.82) is 0 Å². The van der Waals surface area contributed by atoms with Crippen molar-refractivity contribution < 1.29 is 14.3 Å². The predicted molar refractivity (Wildman–Crippen MR) is 54.8 cm³/mol. The van der Waals surface area contributed by atoms with Gasteiger partial charge in [0.2, 0.25) is 0 Å². The average molecular weight is 261 g/mol. The summed E-state index contributed by atoms with van der Waals surface area (Å²) in [6.45, 7) is 1.76. The number of halogens is 2. The maximum absolute atomic E-state index is 13.1. The largest absolute Gasteiger partial charge is 0.481 e. The van der Waals surface area contributed by atoms with Crippen molar-refractivity contribution in [3.63, 3.8) is 0 Å². The van der Waals surface area contributed by atoms with Gasteiger partial charge >= 0.3 is 5.97 Å². The van der Waals surface area contributed by atoms with Crippen LogP contribution in [0.4, 0.5) is 4.39 Å². The molecular weight excluding hydrogens is 251 g/mol. The van der Waals surface area contributed by atoms with E-state index in [2.05, 4.69) is 15.9 Å². The van der Waals surface area contributed by atoms with E-state index in [1.807, 2.05) is 0 Å². The lowest BCUT2D eigenvalue weighted by molar-refractivity contribution is -0.137. The Bertz CT molecular complexity index is 352. The molecule has 0 fully saturated rings. The maximum atomic E-state index is 13.1. The molecule has 1 rings (SSSR count). The molecule has 0 spiro atoms. The topological polar surface area (TPSA) is 37.3 Å². The lowest BCUT2D eigenvalue weighted by Gasteiger charge is -2.09. The normalized spacial score (nSPS) is 12.5. The Kier molecular flexibility index (Phi) is 3.63. The first kappa shape index (κ1) is 11.2. The van der Waals surface area contributed by atoms with Gasteiger partial charge in [-0.2, -0.15) is 0 Å². The number of aliphatic carboxylic acids is 1. The van der Waals surface area contributed by atoms with E-state index < -0.39 is 5.97 Å². The van der Waals surface area contributed by atoms with Crippen LogP contribution in [-0.2, 0) is 4.79 Å². The number of carboxylic acids is 1. The van der Waals surface area contributed by atoms with E-state index in [1.54, 1.807) is 19.1 Å². The average Bonchev–Trinajstić information content (AvgIpc) is 2.08. The Labute approximate surface area is 89.9 Å².